The molecule has 0 spiro atoms. The van der Waals surface area contributed by atoms with Crippen LogP contribution in [0.2, 0.25) is 0 Å². The average molecular weight is 365 g/mol. The second kappa shape index (κ2) is 8.13. The topological polar surface area (TPSA) is 38.8 Å². The van der Waals surface area contributed by atoms with Gasteiger partial charge in [0.25, 0.3) is 0 Å². The molecular formula is C23H27NO3. The van der Waals surface area contributed by atoms with Gasteiger partial charge in [0.15, 0.2) is 0 Å². The number of esters is 1. The molecule has 0 saturated carbocycles. The molecule has 2 aromatic rings. The Labute approximate surface area is 161 Å². The molecule has 2 atom stereocenters. The minimum atomic E-state index is -0.229. The van der Waals surface area contributed by atoms with Crippen LogP contribution >= 0.6 is 0 Å². The number of benzene rings is 2. The van der Waals surface area contributed by atoms with Crippen molar-refractivity contribution in [3.8, 4) is 11.5 Å². The van der Waals surface area contributed by atoms with Gasteiger partial charge in [0.05, 0.1) is 12.5 Å². The van der Waals surface area contributed by atoms with Gasteiger partial charge in [-0.1, -0.05) is 42.8 Å². The molecule has 2 heterocycles. The highest BCUT2D eigenvalue weighted by Gasteiger charge is 2.30. The molecule has 2 unspecified atom stereocenters. The molecule has 2 aliphatic rings. The molecule has 0 aliphatic carbocycles. The number of ether oxygens (including phenoxy) is 2. The average Bonchev–Trinajstić information content (AvgIpc) is 2.69. The minimum Gasteiger partial charge on any atom is -0.493 e. The predicted octanol–water partition coefficient (Wildman–Crippen LogP) is 4.19. The highest BCUT2D eigenvalue weighted by Crippen LogP contribution is 2.35. The summed E-state index contributed by atoms with van der Waals surface area (Å²) in [6.45, 7) is 1.87. The lowest BCUT2D eigenvalue weighted by Crippen LogP contribution is -2.37. The van der Waals surface area contributed by atoms with Crippen LogP contribution in [0.25, 0.3) is 0 Å². The molecule has 27 heavy (non-hydrogen) atoms. The van der Waals surface area contributed by atoms with Crippen molar-refractivity contribution in [3.05, 3.63) is 59.7 Å². The van der Waals surface area contributed by atoms with Crippen LogP contribution in [0, 0.1) is 0 Å². The number of carbonyl (C=O) groups is 1. The molecule has 4 nitrogen and oxygen atoms in total. The molecule has 0 radical (unpaired) electrons. The number of hydrogen-bond donors (Lipinski definition) is 0. The first-order valence-corrected chi connectivity index (χ1v) is 9.93. The third kappa shape index (κ3) is 4.16. The SMILES string of the molecule is CN1CCCCC1CCOc1ccc2c(c1)OC(=O)C(c1ccccc1)C2. The van der Waals surface area contributed by atoms with E-state index in [0.29, 0.717) is 24.8 Å². The van der Waals surface area contributed by atoms with E-state index in [-0.39, 0.29) is 11.9 Å². The zero-order valence-corrected chi connectivity index (χ0v) is 15.9. The van der Waals surface area contributed by atoms with Crippen LogP contribution in [0.4, 0.5) is 0 Å². The zero-order valence-electron chi connectivity index (χ0n) is 15.9. The van der Waals surface area contributed by atoms with Gasteiger partial charge >= 0.3 is 5.97 Å². The molecule has 4 heteroatoms. The summed E-state index contributed by atoms with van der Waals surface area (Å²) in [5.41, 5.74) is 2.06. The largest absolute Gasteiger partial charge is 0.493 e. The Kier molecular flexibility index (Phi) is 5.44. The van der Waals surface area contributed by atoms with Gasteiger partial charge in [0.2, 0.25) is 0 Å². The molecule has 4 rings (SSSR count). The summed E-state index contributed by atoms with van der Waals surface area (Å²) >= 11 is 0. The van der Waals surface area contributed by atoms with Crippen molar-refractivity contribution in [2.75, 3.05) is 20.2 Å². The Morgan fingerprint density at radius 1 is 1.15 bits per heavy atom. The van der Waals surface area contributed by atoms with Crippen molar-refractivity contribution in [3.63, 3.8) is 0 Å². The van der Waals surface area contributed by atoms with E-state index in [1.54, 1.807) is 0 Å². The highest BCUT2D eigenvalue weighted by molar-refractivity contribution is 5.83. The Bertz CT molecular complexity index is 789. The summed E-state index contributed by atoms with van der Waals surface area (Å²) in [4.78, 5) is 14.9. The zero-order chi connectivity index (χ0) is 18.6. The Morgan fingerprint density at radius 2 is 2.00 bits per heavy atom. The summed E-state index contributed by atoms with van der Waals surface area (Å²) in [5, 5.41) is 0. The van der Waals surface area contributed by atoms with Crippen LogP contribution in [0.5, 0.6) is 11.5 Å². The van der Waals surface area contributed by atoms with Crippen molar-refractivity contribution < 1.29 is 14.3 Å². The number of nitrogens with zero attached hydrogens (tertiary/aromatic N) is 1. The number of carbonyl (C=O) groups excluding carboxylic acids is 1. The molecule has 0 bridgehead atoms. The van der Waals surface area contributed by atoms with Crippen molar-refractivity contribution in [1.82, 2.24) is 4.90 Å². The quantitative estimate of drug-likeness (QED) is 0.588. The summed E-state index contributed by atoms with van der Waals surface area (Å²) < 4.78 is 11.6. The maximum absolute atomic E-state index is 12.5. The van der Waals surface area contributed by atoms with E-state index in [9.17, 15) is 4.79 Å². The number of likely N-dealkylation sites (tertiary alicyclic amines) is 1. The van der Waals surface area contributed by atoms with E-state index >= 15 is 0 Å². The lowest BCUT2D eigenvalue weighted by Gasteiger charge is -2.32. The van der Waals surface area contributed by atoms with Crippen molar-refractivity contribution in [1.29, 1.82) is 0 Å². The first-order chi connectivity index (χ1) is 13.2. The summed E-state index contributed by atoms with van der Waals surface area (Å²) in [5.74, 6) is 1.000. The fraction of sp³-hybridized carbons (Fsp3) is 0.435. The van der Waals surface area contributed by atoms with Gasteiger partial charge in [-0.2, -0.15) is 0 Å². The molecule has 0 aromatic heterocycles. The van der Waals surface area contributed by atoms with Gasteiger partial charge in [-0.05, 0) is 56.5 Å². The number of fused-ring (bicyclic) bond motifs is 1. The van der Waals surface area contributed by atoms with Crippen molar-refractivity contribution >= 4 is 5.97 Å². The molecule has 1 fully saturated rings. The van der Waals surface area contributed by atoms with E-state index in [0.717, 1.165) is 23.3 Å². The fourth-order valence-electron chi connectivity index (χ4n) is 4.13. The predicted molar refractivity (Wildman–Crippen MR) is 105 cm³/mol. The van der Waals surface area contributed by atoms with Gasteiger partial charge in [0, 0.05) is 12.1 Å². The monoisotopic (exact) mass is 365 g/mol. The molecule has 1 saturated heterocycles. The van der Waals surface area contributed by atoms with Crippen molar-refractivity contribution in [2.45, 2.75) is 44.1 Å². The minimum absolute atomic E-state index is 0.185. The van der Waals surface area contributed by atoms with Gasteiger partial charge < -0.3 is 14.4 Å². The summed E-state index contributed by atoms with van der Waals surface area (Å²) in [6.07, 6.45) is 5.57. The van der Waals surface area contributed by atoms with Crippen LogP contribution in [-0.2, 0) is 11.2 Å². The van der Waals surface area contributed by atoms with Crippen LogP contribution in [-0.4, -0.2) is 37.1 Å². The normalized spacial score (nSPS) is 22.8. The Balaban J connectivity index is 1.38. The van der Waals surface area contributed by atoms with Gasteiger partial charge in [-0.15, -0.1) is 0 Å². The highest BCUT2D eigenvalue weighted by atomic mass is 16.5. The van der Waals surface area contributed by atoms with E-state index in [4.69, 9.17) is 9.47 Å². The molecule has 0 amide bonds. The van der Waals surface area contributed by atoms with Gasteiger partial charge in [0.1, 0.15) is 11.5 Å². The number of hydrogen-bond acceptors (Lipinski definition) is 4. The van der Waals surface area contributed by atoms with E-state index in [1.807, 2.05) is 48.5 Å². The first-order valence-electron chi connectivity index (χ1n) is 9.93. The lowest BCUT2D eigenvalue weighted by molar-refractivity contribution is -0.137. The Hall–Kier alpha value is -2.33. The summed E-state index contributed by atoms with van der Waals surface area (Å²) in [6, 6.07) is 16.3. The van der Waals surface area contributed by atoms with E-state index in [1.165, 1.54) is 25.8 Å². The third-order valence-corrected chi connectivity index (χ3v) is 5.80. The fourth-order valence-corrected chi connectivity index (χ4v) is 4.13. The van der Waals surface area contributed by atoms with E-state index in [2.05, 4.69) is 11.9 Å². The van der Waals surface area contributed by atoms with E-state index < -0.39 is 0 Å². The molecule has 0 N–H and O–H groups in total. The first kappa shape index (κ1) is 18.1. The van der Waals surface area contributed by atoms with Crippen molar-refractivity contribution in [2.24, 2.45) is 0 Å². The Morgan fingerprint density at radius 3 is 2.81 bits per heavy atom. The second-order valence-corrected chi connectivity index (χ2v) is 7.63. The molecule has 2 aliphatic heterocycles. The lowest BCUT2D eigenvalue weighted by atomic mass is 9.90. The van der Waals surface area contributed by atoms with Gasteiger partial charge in [-0.25, -0.2) is 0 Å². The standard InChI is InChI=1S/C23H27NO3/c1-24-13-6-5-9-19(24)12-14-26-20-11-10-18-15-21(17-7-3-2-4-8-17)23(25)27-22(18)16-20/h2-4,7-8,10-11,16,19,21H,5-6,9,12-15H2,1H3. The maximum atomic E-state index is 12.5. The van der Waals surface area contributed by atoms with Crippen LogP contribution in [0.15, 0.2) is 48.5 Å². The molecule has 2 aromatic carbocycles. The maximum Gasteiger partial charge on any atom is 0.319 e. The number of piperidine rings is 1. The summed E-state index contributed by atoms with van der Waals surface area (Å²) in [7, 11) is 2.20. The smallest absolute Gasteiger partial charge is 0.319 e. The van der Waals surface area contributed by atoms with Crippen LogP contribution in [0.3, 0.4) is 0 Å². The molecular weight excluding hydrogens is 338 g/mol. The number of rotatable bonds is 5. The van der Waals surface area contributed by atoms with Crippen LogP contribution in [0.1, 0.15) is 42.7 Å². The molecule has 142 valence electrons. The van der Waals surface area contributed by atoms with Crippen LogP contribution < -0.4 is 9.47 Å². The second-order valence-electron chi connectivity index (χ2n) is 7.63. The van der Waals surface area contributed by atoms with Gasteiger partial charge in [-0.3, -0.25) is 4.79 Å². The third-order valence-electron chi connectivity index (χ3n) is 5.80.